The summed E-state index contributed by atoms with van der Waals surface area (Å²) < 4.78 is 6.13. The molecule has 0 bridgehead atoms. The molecular weight excluding hydrogens is 294 g/mol. The van der Waals surface area contributed by atoms with Gasteiger partial charge in [0.05, 0.1) is 6.04 Å². The molecule has 118 valence electrons. The summed E-state index contributed by atoms with van der Waals surface area (Å²) in [5, 5.41) is 3.61. The summed E-state index contributed by atoms with van der Waals surface area (Å²) in [6.07, 6.45) is 2.15. The molecule has 0 fully saturated rings. The lowest BCUT2D eigenvalue weighted by atomic mass is 10.00. The first-order chi connectivity index (χ1) is 11.8. The molecule has 1 aliphatic rings. The van der Waals surface area contributed by atoms with Gasteiger partial charge in [-0.1, -0.05) is 66.2 Å². The number of aryl methyl sites for hydroxylation is 1. The maximum absolute atomic E-state index is 6.13. The van der Waals surface area contributed by atoms with E-state index in [0.29, 0.717) is 0 Å². The quantitative estimate of drug-likeness (QED) is 0.681. The molecule has 4 rings (SSSR count). The molecule has 2 heteroatoms. The topological polar surface area (TPSA) is 21.3 Å². The van der Waals surface area contributed by atoms with E-state index in [0.717, 1.165) is 28.3 Å². The van der Waals surface area contributed by atoms with E-state index in [2.05, 4.69) is 60.8 Å². The van der Waals surface area contributed by atoms with Gasteiger partial charge in [-0.05, 0) is 31.2 Å². The Bertz CT molecular complexity index is 866. The highest BCUT2D eigenvalue weighted by Gasteiger charge is 2.22. The first-order valence-electron chi connectivity index (χ1n) is 8.17. The van der Waals surface area contributed by atoms with Gasteiger partial charge in [0.15, 0.2) is 0 Å². The van der Waals surface area contributed by atoms with Crippen molar-refractivity contribution < 1.29 is 4.74 Å². The van der Waals surface area contributed by atoms with E-state index >= 15 is 0 Å². The zero-order chi connectivity index (χ0) is 16.4. The summed E-state index contributed by atoms with van der Waals surface area (Å²) in [4.78, 5) is 0. The van der Waals surface area contributed by atoms with E-state index in [-0.39, 0.29) is 6.04 Å². The van der Waals surface area contributed by atoms with Crippen molar-refractivity contribution in [2.24, 2.45) is 0 Å². The van der Waals surface area contributed by atoms with Crippen molar-refractivity contribution >= 4 is 11.4 Å². The van der Waals surface area contributed by atoms with Crippen LogP contribution in [0.4, 0.5) is 5.69 Å². The molecule has 2 nitrogen and oxygen atoms in total. The van der Waals surface area contributed by atoms with Gasteiger partial charge in [-0.15, -0.1) is 0 Å². The third kappa shape index (κ3) is 2.91. The van der Waals surface area contributed by atoms with Crippen molar-refractivity contribution in [3.8, 4) is 5.75 Å². The SMILES string of the molecule is Cc1ccc(N[C@H]2C=C(c3ccccc3)Oc3ccccc32)cc1. The minimum Gasteiger partial charge on any atom is -0.457 e. The van der Waals surface area contributed by atoms with Gasteiger partial charge in [0, 0.05) is 16.8 Å². The fraction of sp³-hybridized carbons (Fsp3) is 0.0909. The largest absolute Gasteiger partial charge is 0.457 e. The van der Waals surface area contributed by atoms with Gasteiger partial charge in [-0.3, -0.25) is 0 Å². The van der Waals surface area contributed by atoms with Crippen molar-refractivity contribution in [3.63, 3.8) is 0 Å². The van der Waals surface area contributed by atoms with Crippen LogP contribution in [0.1, 0.15) is 22.7 Å². The number of para-hydroxylation sites is 1. The highest BCUT2D eigenvalue weighted by Crippen LogP contribution is 2.37. The number of nitrogens with one attached hydrogen (secondary N) is 1. The molecule has 1 heterocycles. The molecule has 1 N–H and O–H groups in total. The van der Waals surface area contributed by atoms with Gasteiger partial charge in [0.2, 0.25) is 0 Å². The molecular formula is C22H19NO. The number of rotatable bonds is 3. The van der Waals surface area contributed by atoms with Crippen molar-refractivity contribution in [2.75, 3.05) is 5.32 Å². The predicted molar refractivity (Wildman–Crippen MR) is 99.0 cm³/mol. The number of anilines is 1. The molecule has 1 atom stereocenters. The summed E-state index contributed by atoms with van der Waals surface area (Å²) >= 11 is 0. The molecule has 0 radical (unpaired) electrons. The maximum Gasteiger partial charge on any atom is 0.133 e. The summed E-state index contributed by atoms with van der Waals surface area (Å²) in [5.41, 5.74) is 4.60. The fourth-order valence-corrected chi connectivity index (χ4v) is 2.93. The standard InChI is InChI=1S/C22H19NO/c1-16-11-13-18(14-12-16)23-20-15-22(17-7-3-2-4-8-17)24-21-10-6-5-9-19(20)21/h2-15,20,23H,1H3/t20-/m0/s1. The Hall–Kier alpha value is -3.00. The highest BCUT2D eigenvalue weighted by molar-refractivity contribution is 5.68. The van der Waals surface area contributed by atoms with Crippen LogP contribution < -0.4 is 10.1 Å². The Morgan fingerprint density at radius 3 is 2.29 bits per heavy atom. The van der Waals surface area contributed by atoms with Gasteiger partial charge >= 0.3 is 0 Å². The van der Waals surface area contributed by atoms with Gasteiger partial charge in [-0.2, -0.15) is 0 Å². The van der Waals surface area contributed by atoms with Crippen LogP contribution in [0.5, 0.6) is 5.75 Å². The summed E-state index contributed by atoms with van der Waals surface area (Å²) in [6.45, 7) is 2.10. The second kappa shape index (κ2) is 6.25. The predicted octanol–water partition coefficient (Wildman–Crippen LogP) is 5.58. The smallest absolute Gasteiger partial charge is 0.133 e. The molecule has 1 aliphatic heterocycles. The Labute approximate surface area is 142 Å². The normalized spacial score (nSPS) is 15.9. The van der Waals surface area contributed by atoms with Crippen LogP contribution in [0.2, 0.25) is 0 Å². The number of fused-ring (bicyclic) bond motifs is 1. The molecule has 0 unspecified atom stereocenters. The maximum atomic E-state index is 6.13. The lowest BCUT2D eigenvalue weighted by Crippen LogP contribution is -2.15. The zero-order valence-electron chi connectivity index (χ0n) is 13.6. The monoisotopic (exact) mass is 313 g/mol. The van der Waals surface area contributed by atoms with E-state index in [1.165, 1.54) is 5.56 Å². The van der Waals surface area contributed by atoms with E-state index in [1.807, 2.05) is 36.4 Å². The van der Waals surface area contributed by atoms with Crippen LogP contribution in [0.15, 0.2) is 84.9 Å². The molecule has 24 heavy (non-hydrogen) atoms. The molecule has 0 saturated carbocycles. The van der Waals surface area contributed by atoms with Crippen molar-refractivity contribution in [1.29, 1.82) is 0 Å². The van der Waals surface area contributed by atoms with Gasteiger partial charge in [0.1, 0.15) is 11.5 Å². The molecule has 0 aliphatic carbocycles. The van der Waals surface area contributed by atoms with Crippen LogP contribution >= 0.6 is 0 Å². The summed E-state index contributed by atoms with van der Waals surface area (Å²) in [7, 11) is 0. The number of hydrogen-bond donors (Lipinski definition) is 1. The van der Waals surface area contributed by atoms with Crippen LogP contribution in [0, 0.1) is 6.92 Å². The average Bonchev–Trinajstić information content (AvgIpc) is 2.64. The Kier molecular flexibility index (Phi) is 3.80. The third-order valence-corrected chi connectivity index (χ3v) is 4.22. The molecule has 0 spiro atoms. The van der Waals surface area contributed by atoms with Crippen molar-refractivity contribution in [2.45, 2.75) is 13.0 Å². The Balaban J connectivity index is 1.72. The van der Waals surface area contributed by atoms with Gasteiger partial charge in [0.25, 0.3) is 0 Å². The van der Waals surface area contributed by atoms with E-state index in [4.69, 9.17) is 4.74 Å². The minimum absolute atomic E-state index is 0.0767. The molecule has 0 amide bonds. The van der Waals surface area contributed by atoms with Crippen molar-refractivity contribution in [3.05, 3.63) is 102 Å². The lowest BCUT2D eigenvalue weighted by Gasteiger charge is -2.26. The van der Waals surface area contributed by atoms with Crippen LogP contribution in [0.25, 0.3) is 5.76 Å². The molecule has 0 aromatic heterocycles. The van der Waals surface area contributed by atoms with Crippen molar-refractivity contribution in [1.82, 2.24) is 0 Å². The molecule has 0 saturated heterocycles. The van der Waals surface area contributed by atoms with Gasteiger partial charge < -0.3 is 10.1 Å². The first kappa shape index (κ1) is 14.6. The third-order valence-electron chi connectivity index (χ3n) is 4.22. The van der Waals surface area contributed by atoms with E-state index in [9.17, 15) is 0 Å². The second-order valence-corrected chi connectivity index (χ2v) is 6.02. The molecule has 3 aromatic carbocycles. The fourth-order valence-electron chi connectivity index (χ4n) is 2.93. The van der Waals surface area contributed by atoms with Gasteiger partial charge in [-0.25, -0.2) is 0 Å². The average molecular weight is 313 g/mol. The summed E-state index contributed by atoms with van der Waals surface area (Å²) in [6, 6.07) is 27.0. The van der Waals surface area contributed by atoms with Crippen LogP contribution in [-0.2, 0) is 0 Å². The minimum atomic E-state index is 0.0767. The number of benzene rings is 3. The zero-order valence-corrected chi connectivity index (χ0v) is 13.6. The lowest BCUT2D eigenvalue weighted by molar-refractivity contribution is 0.491. The Morgan fingerprint density at radius 2 is 1.50 bits per heavy atom. The highest BCUT2D eigenvalue weighted by atomic mass is 16.5. The Morgan fingerprint density at radius 1 is 0.792 bits per heavy atom. The first-order valence-corrected chi connectivity index (χ1v) is 8.17. The van der Waals surface area contributed by atoms with E-state index < -0.39 is 0 Å². The van der Waals surface area contributed by atoms with Crippen LogP contribution in [-0.4, -0.2) is 0 Å². The van der Waals surface area contributed by atoms with E-state index in [1.54, 1.807) is 0 Å². The summed E-state index contributed by atoms with van der Waals surface area (Å²) in [5.74, 6) is 1.79. The number of ether oxygens (including phenoxy) is 1. The molecule has 3 aromatic rings. The van der Waals surface area contributed by atoms with Crippen LogP contribution in [0.3, 0.4) is 0 Å². The number of hydrogen-bond acceptors (Lipinski definition) is 2. The second-order valence-electron chi connectivity index (χ2n) is 6.02.